The predicted octanol–water partition coefficient (Wildman–Crippen LogP) is -0.148. The molecule has 5 atom stereocenters. The normalized spacial score (nSPS) is 45.4. The van der Waals surface area contributed by atoms with Gasteiger partial charge in [0, 0.05) is 5.92 Å². The first-order valence-electron chi connectivity index (χ1n) is 5.24. The monoisotopic (exact) mass is 218 g/mol. The number of aliphatic hydroxyl groups is 2. The van der Waals surface area contributed by atoms with Crippen molar-refractivity contribution in [3.63, 3.8) is 0 Å². The molecule has 0 amide bonds. The molecule has 0 aromatic rings. The molecule has 2 N–H and O–H groups in total. The molecule has 2 aliphatic rings. The van der Waals surface area contributed by atoms with Gasteiger partial charge in [0.25, 0.3) is 0 Å². The summed E-state index contributed by atoms with van der Waals surface area (Å²) < 4.78 is 16.7. The zero-order valence-corrected chi connectivity index (χ0v) is 9.21. The molecule has 2 fully saturated rings. The number of hydrogen-bond donors (Lipinski definition) is 2. The number of rotatable bonds is 2. The van der Waals surface area contributed by atoms with Gasteiger partial charge < -0.3 is 24.4 Å². The van der Waals surface area contributed by atoms with Crippen LogP contribution in [0.2, 0.25) is 0 Å². The number of hydrogen-bond acceptors (Lipinski definition) is 5. The van der Waals surface area contributed by atoms with Crippen molar-refractivity contribution in [1.29, 1.82) is 0 Å². The van der Waals surface area contributed by atoms with E-state index in [0.29, 0.717) is 0 Å². The second-order valence-electron chi connectivity index (χ2n) is 4.68. The van der Waals surface area contributed by atoms with Crippen LogP contribution in [0, 0.1) is 5.92 Å². The molecule has 2 saturated heterocycles. The molecule has 0 bridgehead atoms. The average Bonchev–Trinajstić information content (AvgIpc) is 2.60. The van der Waals surface area contributed by atoms with Crippen LogP contribution in [-0.2, 0) is 14.2 Å². The van der Waals surface area contributed by atoms with Crippen LogP contribution in [0.15, 0.2) is 0 Å². The topological polar surface area (TPSA) is 68.2 Å². The van der Waals surface area contributed by atoms with Gasteiger partial charge in [-0.15, -0.1) is 0 Å². The van der Waals surface area contributed by atoms with Gasteiger partial charge >= 0.3 is 0 Å². The molecular weight excluding hydrogens is 200 g/mol. The Morgan fingerprint density at radius 3 is 2.53 bits per heavy atom. The van der Waals surface area contributed by atoms with Crippen LogP contribution >= 0.6 is 0 Å². The van der Waals surface area contributed by atoms with Gasteiger partial charge in [-0.25, -0.2) is 0 Å². The van der Waals surface area contributed by atoms with Gasteiger partial charge in [0.15, 0.2) is 12.1 Å². The van der Waals surface area contributed by atoms with Gasteiger partial charge in [-0.2, -0.15) is 0 Å². The summed E-state index contributed by atoms with van der Waals surface area (Å²) in [5, 5.41) is 18.4. The highest BCUT2D eigenvalue weighted by Crippen LogP contribution is 2.41. The fourth-order valence-corrected chi connectivity index (χ4v) is 2.23. The second-order valence-corrected chi connectivity index (χ2v) is 4.68. The van der Waals surface area contributed by atoms with Crippen LogP contribution in [0.5, 0.6) is 0 Å². The van der Waals surface area contributed by atoms with Crippen LogP contribution in [0.4, 0.5) is 0 Å². The summed E-state index contributed by atoms with van der Waals surface area (Å²) in [5.41, 5.74) is 0. The zero-order chi connectivity index (χ0) is 11.2. The molecule has 2 aliphatic heterocycles. The van der Waals surface area contributed by atoms with Crippen molar-refractivity contribution in [2.24, 2.45) is 5.92 Å². The van der Waals surface area contributed by atoms with E-state index in [0.717, 1.165) is 0 Å². The minimum atomic E-state index is -0.874. The van der Waals surface area contributed by atoms with Gasteiger partial charge in [-0.1, -0.05) is 6.92 Å². The van der Waals surface area contributed by atoms with Gasteiger partial charge in [-0.3, -0.25) is 0 Å². The van der Waals surface area contributed by atoms with Crippen LogP contribution in [0.1, 0.15) is 20.8 Å². The third-order valence-electron chi connectivity index (χ3n) is 2.98. The highest BCUT2D eigenvalue weighted by atomic mass is 16.8. The smallest absolute Gasteiger partial charge is 0.187 e. The molecule has 15 heavy (non-hydrogen) atoms. The molecule has 0 spiro atoms. The van der Waals surface area contributed by atoms with E-state index in [1.165, 1.54) is 0 Å². The molecule has 88 valence electrons. The molecule has 2 unspecified atom stereocenters. The minimum Gasteiger partial charge on any atom is -0.394 e. The van der Waals surface area contributed by atoms with E-state index in [9.17, 15) is 5.11 Å². The van der Waals surface area contributed by atoms with Gasteiger partial charge in [-0.05, 0) is 13.8 Å². The van der Waals surface area contributed by atoms with Crippen LogP contribution < -0.4 is 0 Å². The van der Waals surface area contributed by atoms with E-state index >= 15 is 0 Å². The summed E-state index contributed by atoms with van der Waals surface area (Å²) >= 11 is 0. The Labute approximate surface area is 88.9 Å². The highest BCUT2D eigenvalue weighted by molar-refractivity contribution is 4.93. The van der Waals surface area contributed by atoms with Crippen molar-refractivity contribution in [3.8, 4) is 0 Å². The lowest BCUT2D eigenvalue weighted by Crippen LogP contribution is -2.37. The highest BCUT2D eigenvalue weighted by Gasteiger charge is 2.54. The Bertz CT molecular complexity index is 242. The summed E-state index contributed by atoms with van der Waals surface area (Å²) in [4.78, 5) is 0. The molecule has 0 aromatic carbocycles. The molecule has 5 heteroatoms. The van der Waals surface area contributed by atoms with E-state index in [-0.39, 0.29) is 18.6 Å². The fraction of sp³-hybridized carbons (Fsp3) is 1.00. The Morgan fingerprint density at radius 1 is 1.33 bits per heavy atom. The van der Waals surface area contributed by atoms with E-state index in [1.807, 2.05) is 20.8 Å². The maximum absolute atomic E-state index is 9.53. The number of ether oxygens (including phenoxy) is 3. The number of fused-ring (bicyclic) bond motifs is 1. The Hall–Kier alpha value is -0.200. The lowest BCUT2D eigenvalue weighted by atomic mass is 9.97. The predicted molar refractivity (Wildman–Crippen MR) is 51.0 cm³/mol. The summed E-state index contributed by atoms with van der Waals surface area (Å²) in [5.74, 6) is -0.613. The van der Waals surface area contributed by atoms with E-state index in [4.69, 9.17) is 19.3 Å². The quantitative estimate of drug-likeness (QED) is 0.674. The molecule has 2 heterocycles. The zero-order valence-electron chi connectivity index (χ0n) is 9.21. The maximum Gasteiger partial charge on any atom is 0.187 e. The van der Waals surface area contributed by atoms with Crippen molar-refractivity contribution in [2.75, 3.05) is 6.61 Å². The van der Waals surface area contributed by atoms with E-state index in [1.54, 1.807) is 0 Å². The standard InChI is InChI=1S/C10H18O5/c1-5-7(6(12)4-11)13-9-8(5)14-10(2,3)15-9/h5-9,11-12H,4H2,1-3H3/t5-,6?,7+,8-,9?/m1/s1. The Kier molecular flexibility index (Phi) is 2.77. The lowest BCUT2D eigenvalue weighted by Gasteiger charge is -2.25. The largest absolute Gasteiger partial charge is 0.394 e. The lowest BCUT2D eigenvalue weighted by molar-refractivity contribution is -0.221. The summed E-state index contributed by atoms with van der Waals surface area (Å²) in [6, 6.07) is 0. The molecule has 5 nitrogen and oxygen atoms in total. The summed E-state index contributed by atoms with van der Waals surface area (Å²) in [6.07, 6.45) is -1.88. The van der Waals surface area contributed by atoms with Crippen molar-refractivity contribution >= 4 is 0 Å². The molecule has 2 rings (SSSR count). The third-order valence-corrected chi connectivity index (χ3v) is 2.98. The van der Waals surface area contributed by atoms with Crippen LogP contribution in [-0.4, -0.2) is 47.2 Å². The Morgan fingerprint density at radius 2 is 2.00 bits per heavy atom. The minimum absolute atomic E-state index is 0.0129. The van der Waals surface area contributed by atoms with E-state index < -0.39 is 24.3 Å². The number of aliphatic hydroxyl groups excluding tert-OH is 2. The fourth-order valence-electron chi connectivity index (χ4n) is 2.23. The first kappa shape index (κ1) is 11.3. The molecule has 0 aromatic heterocycles. The van der Waals surface area contributed by atoms with Crippen LogP contribution in [0.3, 0.4) is 0 Å². The van der Waals surface area contributed by atoms with Crippen molar-refractivity contribution in [2.45, 2.75) is 51.2 Å². The molecule has 0 radical (unpaired) electrons. The second kappa shape index (κ2) is 3.68. The Balaban J connectivity index is 2.05. The molecular formula is C10H18O5. The van der Waals surface area contributed by atoms with Crippen molar-refractivity contribution in [3.05, 3.63) is 0 Å². The van der Waals surface area contributed by atoms with Crippen molar-refractivity contribution in [1.82, 2.24) is 0 Å². The average molecular weight is 218 g/mol. The third kappa shape index (κ3) is 1.90. The summed E-state index contributed by atoms with van der Waals surface area (Å²) in [7, 11) is 0. The van der Waals surface area contributed by atoms with E-state index in [2.05, 4.69) is 0 Å². The first-order chi connectivity index (χ1) is 6.94. The molecule has 0 aliphatic carbocycles. The van der Waals surface area contributed by atoms with Gasteiger partial charge in [0.1, 0.15) is 12.2 Å². The van der Waals surface area contributed by atoms with Crippen molar-refractivity contribution < 1.29 is 24.4 Å². The van der Waals surface area contributed by atoms with Gasteiger partial charge in [0.2, 0.25) is 0 Å². The van der Waals surface area contributed by atoms with Gasteiger partial charge in [0.05, 0.1) is 12.7 Å². The summed E-state index contributed by atoms with van der Waals surface area (Å²) in [6.45, 7) is 5.29. The maximum atomic E-state index is 9.53. The van der Waals surface area contributed by atoms with Crippen LogP contribution in [0.25, 0.3) is 0 Å². The first-order valence-corrected chi connectivity index (χ1v) is 5.24. The SMILES string of the molecule is C[C@@H]1[C@@H](C(O)CO)OC2OC(C)(C)O[C@@H]21. The molecule has 0 saturated carbocycles.